The number of nitrogens with zero attached hydrogens (tertiary/aromatic N) is 2. The van der Waals surface area contributed by atoms with Crippen molar-refractivity contribution in [2.24, 2.45) is 0 Å². The van der Waals surface area contributed by atoms with Crippen LogP contribution in [0.2, 0.25) is 0 Å². The maximum Gasteiger partial charge on any atom is 0.131 e. The average molecular weight is 350 g/mol. The summed E-state index contributed by atoms with van der Waals surface area (Å²) in [6, 6.07) is 5.68. The molecular formula is C16H20BrN3O. The highest BCUT2D eigenvalue weighted by Crippen LogP contribution is 2.26. The number of aromatic nitrogens is 2. The molecule has 0 spiro atoms. The van der Waals surface area contributed by atoms with Gasteiger partial charge in [-0.2, -0.15) is 5.10 Å². The van der Waals surface area contributed by atoms with E-state index in [0.717, 1.165) is 45.8 Å². The number of halogens is 1. The lowest BCUT2D eigenvalue weighted by atomic mass is 10.1. The van der Waals surface area contributed by atoms with Gasteiger partial charge in [0.2, 0.25) is 0 Å². The van der Waals surface area contributed by atoms with Crippen molar-refractivity contribution >= 4 is 21.6 Å². The Hall–Kier alpha value is -1.75. The zero-order valence-corrected chi connectivity index (χ0v) is 14.0. The van der Waals surface area contributed by atoms with Gasteiger partial charge in [0.1, 0.15) is 12.4 Å². The van der Waals surface area contributed by atoms with E-state index in [1.54, 1.807) is 0 Å². The molecular weight excluding hydrogens is 330 g/mol. The van der Waals surface area contributed by atoms with Gasteiger partial charge in [0.25, 0.3) is 0 Å². The third-order valence-electron chi connectivity index (χ3n) is 3.27. The highest BCUT2D eigenvalue weighted by atomic mass is 79.9. The van der Waals surface area contributed by atoms with Crippen LogP contribution < -0.4 is 10.5 Å². The summed E-state index contributed by atoms with van der Waals surface area (Å²) in [6.07, 6.45) is 2.58. The normalized spacial score (nSPS) is 10.6. The molecule has 5 heteroatoms. The topological polar surface area (TPSA) is 53.1 Å². The molecule has 0 atom stereocenters. The number of rotatable bonds is 6. The van der Waals surface area contributed by atoms with E-state index in [9.17, 15) is 0 Å². The fraction of sp³-hybridized carbons (Fsp3) is 0.312. The summed E-state index contributed by atoms with van der Waals surface area (Å²) in [5, 5.41) is 4.47. The molecule has 2 aromatic rings. The summed E-state index contributed by atoms with van der Waals surface area (Å²) in [4.78, 5) is 0. The van der Waals surface area contributed by atoms with E-state index >= 15 is 0 Å². The van der Waals surface area contributed by atoms with E-state index in [1.807, 2.05) is 35.9 Å². The first-order valence-electron chi connectivity index (χ1n) is 6.90. The van der Waals surface area contributed by atoms with E-state index in [-0.39, 0.29) is 0 Å². The Morgan fingerprint density at radius 1 is 1.48 bits per heavy atom. The highest BCUT2D eigenvalue weighted by molar-refractivity contribution is 9.10. The molecule has 21 heavy (non-hydrogen) atoms. The van der Waals surface area contributed by atoms with Crippen molar-refractivity contribution in [2.45, 2.75) is 33.4 Å². The summed E-state index contributed by atoms with van der Waals surface area (Å²) in [5.74, 6) is 0.831. The van der Waals surface area contributed by atoms with Gasteiger partial charge in [-0.25, -0.2) is 0 Å². The fourth-order valence-electron chi connectivity index (χ4n) is 2.21. The molecule has 2 rings (SSSR count). The lowest BCUT2D eigenvalue weighted by Gasteiger charge is -2.12. The van der Waals surface area contributed by atoms with Crippen molar-refractivity contribution in [1.82, 2.24) is 9.78 Å². The van der Waals surface area contributed by atoms with Crippen molar-refractivity contribution in [2.75, 3.05) is 5.73 Å². The quantitative estimate of drug-likeness (QED) is 0.636. The molecule has 0 radical (unpaired) electrons. The summed E-state index contributed by atoms with van der Waals surface area (Å²) >= 11 is 3.58. The lowest BCUT2D eigenvalue weighted by Crippen LogP contribution is -2.07. The summed E-state index contributed by atoms with van der Waals surface area (Å²) < 4.78 is 8.93. The third kappa shape index (κ3) is 3.47. The number of hydrogen-bond acceptors (Lipinski definition) is 3. The standard InChI is InChI=1S/C16H20BrN3O/c1-4-6-12-9-13(18)7-8-15(12)21-10-14-16(17)11(3)19-20(14)5-2/h4,7-9H,1,5-6,10,18H2,2-3H3. The van der Waals surface area contributed by atoms with Crippen LogP contribution in [0.25, 0.3) is 0 Å². The summed E-state index contributed by atoms with van der Waals surface area (Å²) in [5.41, 5.74) is 9.61. The van der Waals surface area contributed by atoms with E-state index in [4.69, 9.17) is 10.5 Å². The third-order valence-corrected chi connectivity index (χ3v) is 4.30. The summed E-state index contributed by atoms with van der Waals surface area (Å²) in [7, 11) is 0. The molecule has 1 aromatic heterocycles. The second-order valence-electron chi connectivity index (χ2n) is 4.81. The minimum absolute atomic E-state index is 0.462. The Morgan fingerprint density at radius 2 is 2.24 bits per heavy atom. The second-order valence-corrected chi connectivity index (χ2v) is 5.60. The number of benzene rings is 1. The molecule has 1 aromatic carbocycles. The number of aryl methyl sites for hydroxylation is 2. The molecule has 0 aliphatic carbocycles. The van der Waals surface area contributed by atoms with E-state index in [0.29, 0.717) is 6.61 Å². The van der Waals surface area contributed by atoms with Crippen LogP contribution in [-0.2, 0) is 19.6 Å². The zero-order chi connectivity index (χ0) is 15.4. The molecule has 0 amide bonds. The van der Waals surface area contributed by atoms with E-state index in [1.165, 1.54) is 0 Å². The molecule has 0 aliphatic heterocycles. The monoisotopic (exact) mass is 349 g/mol. The largest absolute Gasteiger partial charge is 0.487 e. The van der Waals surface area contributed by atoms with Crippen LogP contribution >= 0.6 is 15.9 Å². The Bertz CT molecular complexity index is 649. The SMILES string of the molecule is C=CCc1cc(N)ccc1OCc1c(Br)c(C)nn1CC. The number of ether oxygens (including phenoxy) is 1. The van der Waals surface area contributed by atoms with Gasteiger partial charge in [0.15, 0.2) is 0 Å². The van der Waals surface area contributed by atoms with Crippen LogP contribution in [0, 0.1) is 6.92 Å². The van der Waals surface area contributed by atoms with Crippen LogP contribution in [0.4, 0.5) is 5.69 Å². The smallest absolute Gasteiger partial charge is 0.131 e. The van der Waals surface area contributed by atoms with Crippen LogP contribution in [0.1, 0.15) is 23.9 Å². The predicted octanol–water partition coefficient (Wildman–Crippen LogP) is 3.86. The highest BCUT2D eigenvalue weighted by Gasteiger charge is 2.13. The van der Waals surface area contributed by atoms with Crippen molar-refractivity contribution in [3.8, 4) is 5.75 Å². The van der Waals surface area contributed by atoms with Gasteiger partial charge >= 0.3 is 0 Å². The maximum atomic E-state index is 5.97. The minimum Gasteiger partial charge on any atom is -0.487 e. The van der Waals surface area contributed by atoms with Gasteiger partial charge in [0.05, 0.1) is 15.9 Å². The molecule has 112 valence electrons. The summed E-state index contributed by atoms with van der Waals surface area (Å²) in [6.45, 7) is 9.09. The minimum atomic E-state index is 0.462. The van der Waals surface area contributed by atoms with Crippen LogP contribution in [0.15, 0.2) is 35.3 Å². The van der Waals surface area contributed by atoms with Gasteiger partial charge in [-0.05, 0) is 60.0 Å². The van der Waals surface area contributed by atoms with Gasteiger partial charge in [-0.3, -0.25) is 4.68 Å². The van der Waals surface area contributed by atoms with Crippen molar-refractivity contribution < 1.29 is 4.74 Å². The van der Waals surface area contributed by atoms with Crippen molar-refractivity contribution in [3.05, 3.63) is 52.3 Å². The first kappa shape index (κ1) is 15.6. The molecule has 4 nitrogen and oxygen atoms in total. The Morgan fingerprint density at radius 3 is 2.90 bits per heavy atom. The molecule has 0 aliphatic rings. The number of nitrogen functional groups attached to an aromatic ring is 1. The molecule has 0 unspecified atom stereocenters. The predicted molar refractivity (Wildman–Crippen MR) is 89.4 cm³/mol. The van der Waals surface area contributed by atoms with Gasteiger partial charge < -0.3 is 10.5 Å². The average Bonchev–Trinajstić information content (AvgIpc) is 2.74. The van der Waals surface area contributed by atoms with Crippen LogP contribution in [-0.4, -0.2) is 9.78 Å². The maximum absolute atomic E-state index is 5.97. The van der Waals surface area contributed by atoms with Gasteiger partial charge in [-0.1, -0.05) is 6.08 Å². The van der Waals surface area contributed by atoms with E-state index in [2.05, 4.69) is 34.5 Å². The molecule has 0 fully saturated rings. The van der Waals surface area contributed by atoms with Gasteiger partial charge in [-0.15, -0.1) is 6.58 Å². The fourth-order valence-corrected chi connectivity index (χ4v) is 2.61. The number of nitrogens with two attached hydrogens (primary N) is 1. The lowest BCUT2D eigenvalue weighted by molar-refractivity contribution is 0.289. The Balaban J connectivity index is 2.22. The number of allylic oxidation sites excluding steroid dienone is 1. The second kappa shape index (κ2) is 6.80. The number of anilines is 1. The Kier molecular flexibility index (Phi) is 5.07. The van der Waals surface area contributed by atoms with Crippen molar-refractivity contribution in [1.29, 1.82) is 0 Å². The molecule has 1 heterocycles. The van der Waals surface area contributed by atoms with Gasteiger partial charge in [0, 0.05) is 12.2 Å². The molecule has 2 N–H and O–H groups in total. The molecule has 0 saturated heterocycles. The molecule has 0 saturated carbocycles. The molecule has 0 bridgehead atoms. The van der Waals surface area contributed by atoms with E-state index < -0.39 is 0 Å². The first-order valence-corrected chi connectivity index (χ1v) is 7.70. The number of hydrogen-bond donors (Lipinski definition) is 1. The Labute approximate surface area is 133 Å². The zero-order valence-electron chi connectivity index (χ0n) is 12.4. The van der Waals surface area contributed by atoms with Crippen LogP contribution in [0.5, 0.6) is 5.75 Å². The van der Waals surface area contributed by atoms with Crippen molar-refractivity contribution in [3.63, 3.8) is 0 Å². The first-order chi connectivity index (χ1) is 10.1. The van der Waals surface area contributed by atoms with Crippen LogP contribution in [0.3, 0.4) is 0 Å².